The molecule has 2 heterocycles. The molecule has 9 heteroatoms. The molecule has 0 saturated carbocycles. The molecule has 0 amide bonds. The molecule has 2 N–H and O–H groups in total. The number of rotatable bonds is 10. The molecule has 3 aromatic rings. The molecule has 0 aliphatic heterocycles. The summed E-state index contributed by atoms with van der Waals surface area (Å²) in [5.41, 5.74) is 1.04. The standard InChI is InChI=1S/C20H23N5OS3/c1-3-13(2)7-6-10-22-19-24-25-20(29-19)27-12-16(26)14(11-21)18-23-15-8-4-5-9-17(15)28-18/h4-5,8-9,13,26H,3,6-7,10,12H2,1-2H3,(H,22,24)/b16-14-/t13-/m1/s1. The van der Waals surface area contributed by atoms with Gasteiger partial charge in [0.1, 0.15) is 22.4 Å². The number of para-hydroxylation sites is 1. The number of benzene rings is 1. The molecular formula is C20H23N5OS3. The van der Waals surface area contributed by atoms with Gasteiger partial charge in [0.15, 0.2) is 4.34 Å². The quantitative estimate of drug-likeness (QED) is 0.172. The molecule has 0 radical (unpaired) electrons. The van der Waals surface area contributed by atoms with Crippen molar-refractivity contribution < 1.29 is 5.11 Å². The predicted molar refractivity (Wildman–Crippen MR) is 123 cm³/mol. The van der Waals surface area contributed by atoms with Gasteiger partial charge in [-0.25, -0.2) is 4.98 Å². The van der Waals surface area contributed by atoms with Crippen molar-refractivity contribution in [2.45, 2.75) is 37.4 Å². The summed E-state index contributed by atoms with van der Waals surface area (Å²) in [6.07, 6.45) is 3.51. The van der Waals surface area contributed by atoms with Gasteiger partial charge in [0.2, 0.25) is 5.13 Å². The lowest BCUT2D eigenvalue weighted by molar-refractivity contribution is 0.421. The van der Waals surface area contributed by atoms with Gasteiger partial charge < -0.3 is 10.4 Å². The molecule has 29 heavy (non-hydrogen) atoms. The molecule has 0 saturated heterocycles. The number of hydrogen-bond donors (Lipinski definition) is 2. The molecule has 0 fully saturated rings. The summed E-state index contributed by atoms with van der Waals surface area (Å²) in [4.78, 5) is 4.46. The highest BCUT2D eigenvalue weighted by molar-refractivity contribution is 8.01. The second-order valence-electron chi connectivity index (χ2n) is 6.66. The normalized spacial score (nSPS) is 13.1. The summed E-state index contributed by atoms with van der Waals surface area (Å²) in [7, 11) is 0. The minimum atomic E-state index is 0.00909. The van der Waals surface area contributed by atoms with Gasteiger partial charge >= 0.3 is 0 Å². The molecule has 1 aromatic carbocycles. The first kappa shape index (κ1) is 21.6. The minimum Gasteiger partial charge on any atom is -0.510 e. The van der Waals surface area contributed by atoms with Crippen LogP contribution in [0.15, 0.2) is 34.4 Å². The van der Waals surface area contributed by atoms with Gasteiger partial charge in [-0.05, 0) is 30.9 Å². The zero-order chi connectivity index (χ0) is 20.6. The van der Waals surface area contributed by atoms with Gasteiger partial charge in [0.05, 0.1) is 16.0 Å². The second-order valence-corrected chi connectivity index (χ2v) is 9.90. The van der Waals surface area contributed by atoms with Crippen LogP contribution in [0.4, 0.5) is 5.13 Å². The lowest BCUT2D eigenvalue weighted by Crippen LogP contribution is -2.03. The fourth-order valence-electron chi connectivity index (χ4n) is 2.61. The highest BCUT2D eigenvalue weighted by atomic mass is 32.2. The fourth-order valence-corrected chi connectivity index (χ4v) is 5.24. The topological polar surface area (TPSA) is 94.7 Å². The fraction of sp³-hybridized carbons (Fsp3) is 0.400. The number of allylic oxidation sites excluding steroid dienone is 1. The number of nitrogens with one attached hydrogen (secondary N) is 1. The molecule has 0 aliphatic rings. The van der Waals surface area contributed by atoms with E-state index < -0.39 is 0 Å². The lowest BCUT2D eigenvalue weighted by atomic mass is 10.0. The first-order valence-electron chi connectivity index (χ1n) is 9.49. The van der Waals surface area contributed by atoms with Crippen LogP contribution in [0.1, 0.15) is 38.1 Å². The number of nitriles is 1. The summed E-state index contributed by atoms with van der Waals surface area (Å²) in [5.74, 6) is 1.01. The Kier molecular flexibility index (Phi) is 7.86. The highest BCUT2D eigenvalue weighted by Gasteiger charge is 2.15. The van der Waals surface area contributed by atoms with Gasteiger partial charge in [-0.1, -0.05) is 55.5 Å². The summed E-state index contributed by atoms with van der Waals surface area (Å²) >= 11 is 4.23. The van der Waals surface area contributed by atoms with Crippen LogP contribution in [0.25, 0.3) is 15.8 Å². The Bertz CT molecular complexity index is 987. The van der Waals surface area contributed by atoms with Crippen LogP contribution < -0.4 is 5.32 Å². The van der Waals surface area contributed by atoms with E-state index in [2.05, 4.69) is 40.4 Å². The number of fused-ring (bicyclic) bond motifs is 1. The number of thioether (sulfide) groups is 1. The highest BCUT2D eigenvalue weighted by Crippen LogP contribution is 2.31. The van der Waals surface area contributed by atoms with Crippen LogP contribution in [0.2, 0.25) is 0 Å². The Morgan fingerprint density at radius 1 is 1.31 bits per heavy atom. The maximum absolute atomic E-state index is 10.4. The van der Waals surface area contributed by atoms with Crippen LogP contribution in [0, 0.1) is 17.2 Å². The molecule has 0 bridgehead atoms. The van der Waals surface area contributed by atoms with E-state index in [0.717, 1.165) is 38.6 Å². The molecule has 0 unspecified atom stereocenters. The van der Waals surface area contributed by atoms with Gasteiger partial charge in [-0.2, -0.15) is 5.26 Å². The summed E-state index contributed by atoms with van der Waals surface area (Å²) < 4.78 is 1.74. The summed E-state index contributed by atoms with van der Waals surface area (Å²) in [5, 5.41) is 32.9. The molecule has 1 atom stereocenters. The zero-order valence-electron chi connectivity index (χ0n) is 16.4. The van der Waals surface area contributed by atoms with Crippen molar-refractivity contribution in [1.82, 2.24) is 15.2 Å². The van der Waals surface area contributed by atoms with Crippen molar-refractivity contribution in [2.75, 3.05) is 17.6 Å². The predicted octanol–water partition coefficient (Wildman–Crippen LogP) is 5.97. The van der Waals surface area contributed by atoms with Crippen molar-refractivity contribution >= 4 is 55.4 Å². The third-order valence-electron chi connectivity index (χ3n) is 4.49. The molecule has 152 valence electrons. The number of thiazole rings is 1. The van der Waals surface area contributed by atoms with Crippen molar-refractivity contribution in [1.29, 1.82) is 5.26 Å². The molecule has 6 nitrogen and oxygen atoms in total. The van der Waals surface area contributed by atoms with Gasteiger partial charge in [0.25, 0.3) is 0 Å². The van der Waals surface area contributed by atoms with Crippen molar-refractivity contribution in [3.63, 3.8) is 0 Å². The molecule has 0 aliphatic carbocycles. The van der Waals surface area contributed by atoms with E-state index in [-0.39, 0.29) is 17.1 Å². The van der Waals surface area contributed by atoms with Crippen LogP contribution in [0.5, 0.6) is 0 Å². The number of aromatic nitrogens is 3. The van der Waals surface area contributed by atoms with Crippen LogP contribution in [0.3, 0.4) is 0 Å². The Hall–Kier alpha value is -2.15. The molecule has 2 aromatic heterocycles. The van der Waals surface area contributed by atoms with Crippen molar-refractivity contribution in [2.24, 2.45) is 5.92 Å². The Labute approximate surface area is 182 Å². The smallest absolute Gasteiger partial charge is 0.206 e. The maximum atomic E-state index is 10.4. The van der Waals surface area contributed by atoms with E-state index in [0.29, 0.717) is 5.01 Å². The van der Waals surface area contributed by atoms with Gasteiger partial charge in [-0.15, -0.1) is 21.5 Å². The SMILES string of the molecule is CC[C@@H](C)CCCNc1nnc(SC/C(O)=C(\C#N)c2nc3ccccc3s2)s1. The maximum Gasteiger partial charge on any atom is 0.206 e. The van der Waals surface area contributed by atoms with Crippen molar-refractivity contribution in [3.05, 3.63) is 35.0 Å². The largest absolute Gasteiger partial charge is 0.510 e. The number of aliphatic hydroxyl groups is 1. The van der Waals surface area contributed by atoms with E-state index in [1.807, 2.05) is 24.3 Å². The number of anilines is 1. The lowest BCUT2D eigenvalue weighted by Gasteiger charge is -2.07. The minimum absolute atomic E-state index is 0.00909. The van der Waals surface area contributed by atoms with E-state index in [9.17, 15) is 10.4 Å². The van der Waals surface area contributed by atoms with Gasteiger partial charge in [0, 0.05) is 6.54 Å². The third-order valence-corrected chi connectivity index (χ3v) is 7.57. The van der Waals surface area contributed by atoms with E-state index in [1.54, 1.807) is 0 Å². The van der Waals surface area contributed by atoms with Crippen molar-refractivity contribution in [3.8, 4) is 6.07 Å². The first-order valence-corrected chi connectivity index (χ1v) is 12.1. The third kappa shape index (κ3) is 5.92. The summed E-state index contributed by atoms with van der Waals surface area (Å²) in [6, 6.07) is 9.78. The van der Waals surface area contributed by atoms with Gasteiger partial charge in [-0.3, -0.25) is 0 Å². The number of aliphatic hydroxyl groups excluding tert-OH is 1. The van der Waals surface area contributed by atoms with Crippen LogP contribution in [-0.4, -0.2) is 32.6 Å². The molecule has 0 spiro atoms. The number of hydrogen-bond acceptors (Lipinski definition) is 9. The van der Waals surface area contributed by atoms with E-state index >= 15 is 0 Å². The average Bonchev–Trinajstić information content (AvgIpc) is 3.36. The Morgan fingerprint density at radius 3 is 2.90 bits per heavy atom. The summed E-state index contributed by atoms with van der Waals surface area (Å²) in [6.45, 7) is 5.36. The average molecular weight is 446 g/mol. The van der Waals surface area contributed by atoms with Crippen LogP contribution >= 0.6 is 34.4 Å². The van der Waals surface area contributed by atoms with E-state index in [1.165, 1.54) is 47.3 Å². The Balaban J connectivity index is 1.57. The van der Waals surface area contributed by atoms with Crippen LogP contribution in [-0.2, 0) is 0 Å². The second kappa shape index (κ2) is 10.6. The molecular weight excluding hydrogens is 422 g/mol. The monoisotopic (exact) mass is 445 g/mol. The first-order chi connectivity index (χ1) is 14.1. The molecule has 3 rings (SSSR count). The Morgan fingerprint density at radius 2 is 2.14 bits per heavy atom. The van der Waals surface area contributed by atoms with E-state index in [4.69, 9.17) is 0 Å². The zero-order valence-corrected chi connectivity index (χ0v) is 18.8. The number of nitrogens with zero attached hydrogens (tertiary/aromatic N) is 4.